The molecule has 0 aromatic heterocycles. The summed E-state index contributed by atoms with van der Waals surface area (Å²) in [5.74, 6) is -0.421. The molecule has 1 aromatic rings. The fraction of sp³-hybridized carbons (Fsp3) is 0.417. The number of nitro groups is 1. The minimum absolute atomic E-state index is 0.129. The van der Waals surface area contributed by atoms with E-state index in [4.69, 9.17) is 9.47 Å². The van der Waals surface area contributed by atoms with Gasteiger partial charge in [-0.3, -0.25) is 14.9 Å². The summed E-state index contributed by atoms with van der Waals surface area (Å²) in [5.41, 5.74) is 0.0855. The van der Waals surface area contributed by atoms with Crippen LogP contribution in [0.15, 0.2) is 24.3 Å². The second-order valence-corrected chi connectivity index (χ2v) is 3.91. The largest absolute Gasteiger partial charge is 0.354 e. The zero-order valence-electron chi connectivity index (χ0n) is 11.0. The predicted octanol–water partition coefficient (Wildman–Crippen LogP) is 1.33. The molecule has 0 bridgehead atoms. The van der Waals surface area contributed by atoms with Crippen LogP contribution in [0, 0.1) is 10.1 Å². The fourth-order valence-corrected chi connectivity index (χ4v) is 1.62. The Balaban J connectivity index is 2.78. The summed E-state index contributed by atoms with van der Waals surface area (Å²) in [6, 6.07) is 5.12. The number of hydrogen-bond donors (Lipinski definition) is 1. The summed E-state index contributed by atoms with van der Waals surface area (Å²) in [7, 11) is 2.92. The van der Waals surface area contributed by atoms with Gasteiger partial charge in [-0.05, 0) is 13.0 Å². The molecular formula is C12H16N2O5. The summed E-state index contributed by atoms with van der Waals surface area (Å²) < 4.78 is 10.0. The van der Waals surface area contributed by atoms with E-state index in [1.165, 1.54) is 38.5 Å². The van der Waals surface area contributed by atoms with Crippen molar-refractivity contribution >= 4 is 11.6 Å². The lowest BCUT2D eigenvalue weighted by atomic mass is 10.2. The first-order valence-electron chi connectivity index (χ1n) is 5.60. The van der Waals surface area contributed by atoms with Gasteiger partial charge in [-0.25, -0.2) is 0 Å². The number of benzene rings is 1. The van der Waals surface area contributed by atoms with Crippen LogP contribution < -0.4 is 5.32 Å². The maximum absolute atomic E-state index is 11.9. The monoisotopic (exact) mass is 268 g/mol. The molecule has 1 unspecified atom stereocenters. The number of methoxy groups -OCH3 is 2. The zero-order chi connectivity index (χ0) is 14.4. The topological polar surface area (TPSA) is 90.7 Å². The second-order valence-electron chi connectivity index (χ2n) is 3.91. The molecule has 7 nitrogen and oxygen atoms in total. The number of amides is 1. The fourth-order valence-electron chi connectivity index (χ4n) is 1.62. The highest BCUT2D eigenvalue weighted by Gasteiger charge is 2.19. The van der Waals surface area contributed by atoms with E-state index in [-0.39, 0.29) is 17.3 Å². The molecule has 1 aromatic carbocycles. The van der Waals surface area contributed by atoms with Gasteiger partial charge in [0.25, 0.3) is 11.6 Å². The lowest BCUT2D eigenvalue weighted by Crippen LogP contribution is -2.42. The molecule has 0 fully saturated rings. The number of carbonyl (C=O) groups excluding carboxylic acids is 1. The van der Waals surface area contributed by atoms with Crippen LogP contribution in [0.5, 0.6) is 0 Å². The van der Waals surface area contributed by atoms with Crippen LogP contribution >= 0.6 is 0 Å². The molecule has 0 aliphatic carbocycles. The van der Waals surface area contributed by atoms with Gasteiger partial charge in [0.1, 0.15) is 0 Å². The number of non-ortho nitro benzene ring substituents is 1. The van der Waals surface area contributed by atoms with Gasteiger partial charge in [0, 0.05) is 31.9 Å². The average molecular weight is 268 g/mol. The normalized spacial score (nSPS) is 12.2. The molecule has 0 heterocycles. The number of nitro benzene ring substituents is 1. The first kappa shape index (κ1) is 15.1. The summed E-state index contributed by atoms with van der Waals surface area (Å²) in [5, 5.41) is 13.3. The van der Waals surface area contributed by atoms with E-state index in [1.807, 2.05) is 0 Å². The maximum Gasteiger partial charge on any atom is 0.270 e. The van der Waals surface area contributed by atoms with E-state index in [9.17, 15) is 14.9 Å². The van der Waals surface area contributed by atoms with E-state index in [2.05, 4.69) is 5.32 Å². The van der Waals surface area contributed by atoms with Crippen LogP contribution in [0.3, 0.4) is 0 Å². The van der Waals surface area contributed by atoms with Crippen molar-refractivity contribution in [1.82, 2.24) is 5.32 Å². The van der Waals surface area contributed by atoms with Gasteiger partial charge in [-0.15, -0.1) is 0 Å². The van der Waals surface area contributed by atoms with Crippen molar-refractivity contribution in [3.8, 4) is 0 Å². The predicted molar refractivity (Wildman–Crippen MR) is 67.8 cm³/mol. The molecular weight excluding hydrogens is 252 g/mol. The van der Waals surface area contributed by atoms with Crippen LogP contribution in [0.25, 0.3) is 0 Å². The van der Waals surface area contributed by atoms with Crippen molar-refractivity contribution in [2.45, 2.75) is 19.3 Å². The molecule has 0 spiro atoms. The van der Waals surface area contributed by atoms with Crippen LogP contribution in [-0.4, -0.2) is 37.4 Å². The Bertz CT molecular complexity index is 459. The molecule has 0 saturated carbocycles. The summed E-state index contributed by atoms with van der Waals surface area (Å²) in [6.07, 6.45) is -0.581. The lowest BCUT2D eigenvalue weighted by Gasteiger charge is -2.22. The highest BCUT2D eigenvalue weighted by Crippen LogP contribution is 2.13. The van der Waals surface area contributed by atoms with E-state index < -0.39 is 17.1 Å². The number of nitrogens with one attached hydrogen (secondary N) is 1. The van der Waals surface area contributed by atoms with Crippen LogP contribution in [0.2, 0.25) is 0 Å². The SMILES string of the molecule is COC(OC)C(C)NC(=O)c1cccc([N+](=O)[O-])c1. The van der Waals surface area contributed by atoms with E-state index in [1.54, 1.807) is 6.92 Å². The Hall–Kier alpha value is -1.99. The van der Waals surface area contributed by atoms with Crippen molar-refractivity contribution in [1.29, 1.82) is 0 Å². The molecule has 7 heteroatoms. The Morgan fingerprint density at radius 1 is 1.37 bits per heavy atom. The standard InChI is InChI=1S/C12H16N2O5/c1-8(12(18-2)19-3)13-11(15)9-5-4-6-10(7-9)14(16)17/h4-8,12H,1-3H3,(H,13,15). The van der Waals surface area contributed by atoms with Crippen molar-refractivity contribution < 1.29 is 19.2 Å². The number of carbonyl (C=O) groups is 1. The van der Waals surface area contributed by atoms with Gasteiger partial charge >= 0.3 is 0 Å². The van der Waals surface area contributed by atoms with Crippen molar-refractivity contribution in [3.05, 3.63) is 39.9 Å². The summed E-state index contributed by atoms with van der Waals surface area (Å²) >= 11 is 0. The van der Waals surface area contributed by atoms with Crippen molar-refractivity contribution in [2.75, 3.05) is 14.2 Å². The lowest BCUT2D eigenvalue weighted by molar-refractivity contribution is -0.384. The third-order valence-corrected chi connectivity index (χ3v) is 2.55. The van der Waals surface area contributed by atoms with Crippen LogP contribution in [-0.2, 0) is 9.47 Å². The van der Waals surface area contributed by atoms with Gasteiger partial charge < -0.3 is 14.8 Å². The highest BCUT2D eigenvalue weighted by molar-refractivity contribution is 5.94. The molecule has 1 rings (SSSR count). The van der Waals surface area contributed by atoms with E-state index in [0.29, 0.717) is 0 Å². The summed E-state index contributed by atoms with van der Waals surface area (Å²) in [6.45, 7) is 1.72. The number of nitrogens with zero attached hydrogens (tertiary/aromatic N) is 1. The molecule has 0 aliphatic heterocycles. The van der Waals surface area contributed by atoms with Crippen molar-refractivity contribution in [3.63, 3.8) is 0 Å². The maximum atomic E-state index is 11.9. The first-order chi connectivity index (χ1) is 8.99. The minimum atomic E-state index is -0.581. The molecule has 104 valence electrons. The minimum Gasteiger partial charge on any atom is -0.354 e. The molecule has 0 aliphatic rings. The smallest absolute Gasteiger partial charge is 0.270 e. The zero-order valence-corrected chi connectivity index (χ0v) is 11.0. The molecule has 1 amide bonds. The van der Waals surface area contributed by atoms with Crippen LogP contribution in [0.4, 0.5) is 5.69 Å². The third-order valence-electron chi connectivity index (χ3n) is 2.55. The number of hydrogen-bond acceptors (Lipinski definition) is 5. The molecule has 0 saturated heterocycles. The number of ether oxygens (including phenoxy) is 2. The van der Waals surface area contributed by atoms with Gasteiger partial charge in [-0.1, -0.05) is 6.07 Å². The van der Waals surface area contributed by atoms with Gasteiger partial charge in [-0.2, -0.15) is 0 Å². The molecule has 0 radical (unpaired) electrons. The first-order valence-corrected chi connectivity index (χ1v) is 5.60. The van der Waals surface area contributed by atoms with Crippen molar-refractivity contribution in [2.24, 2.45) is 0 Å². The molecule has 1 atom stereocenters. The quantitative estimate of drug-likeness (QED) is 0.477. The summed E-state index contributed by atoms with van der Waals surface area (Å²) in [4.78, 5) is 22.0. The number of rotatable bonds is 6. The van der Waals surface area contributed by atoms with Gasteiger partial charge in [0.15, 0.2) is 6.29 Å². The van der Waals surface area contributed by atoms with E-state index in [0.717, 1.165) is 0 Å². The Morgan fingerprint density at radius 2 is 2.00 bits per heavy atom. The average Bonchev–Trinajstić information content (AvgIpc) is 2.40. The molecule has 1 N–H and O–H groups in total. The highest BCUT2D eigenvalue weighted by atomic mass is 16.7. The second kappa shape index (κ2) is 6.81. The van der Waals surface area contributed by atoms with E-state index >= 15 is 0 Å². The van der Waals surface area contributed by atoms with Gasteiger partial charge in [0.05, 0.1) is 11.0 Å². The Kier molecular flexibility index (Phi) is 5.40. The molecule has 19 heavy (non-hydrogen) atoms. The van der Waals surface area contributed by atoms with Gasteiger partial charge in [0.2, 0.25) is 0 Å². The Labute approximate surface area is 110 Å². The Morgan fingerprint density at radius 3 is 2.53 bits per heavy atom. The third kappa shape index (κ3) is 4.01. The van der Waals surface area contributed by atoms with Crippen LogP contribution in [0.1, 0.15) is 17.3 Å².